The predicted octanol–water partition coefficient (Wildman–Crippen LogP) is 5.16. The van der Waals surface area contributed by atoms with Crippen molar-refractivity contribution in [2.24, 2.45) is 0 Å². The Bertz CT molecular complexity index is 1430. The van der Waals surface area contributed by atoms with Gasteiger partial charge in [0.1, 0.15) is 0 Å². The lowest BCUT2D eigenvalue weighted by molar-refractivity contribution is 0.0650. The Hall–Kier alpha value is -3.46. The summed E-state index contributed by atoms with van der Waals surface area (Å²) in [6.45, 7) is 4.66. The van der Waals surface area contributed by atoms with Gasteiger partial charge in [0, 0.05) is 34.4 Å². The average Bonchev–Trinajstić information content (AvgIpc) is 3.10. The number of fused-ring (bicyclic) bond motifs is 5. The standard InChI is InChI=1S/C27H19NO2/c1-26-17-8-4-6-14-7-5-9-18(21(14)17)27(26,2)20-13-11-16-22-15(10-12-19(26)23(20)22)24(29)28(3)25(16)30/h4-13H,1-3H3. The number of benzene rings is 4. The summed E-state index contributed by atoms with van der Waals surface area (Å²) in [6.07, 6.45) is 0. The van der Waals surface area contributed by atoms with E-state index in [4.69, 9.17) is 0 Å². The van der Waals surface area contributed by atoms with Crippen molar-refractivity contribution in [3.63, 3.8) is 0 Å². The second kappa shape index (κ2) is 4.65. The molecular formula is C27H19NO2. The van der Waals surface area contributed by atoms with E-state index in [1.54, 1.807) is 7.05 Å². The van der Waals surface area contributed by atoms with Gasteiger partial charge in [0.2, 0.25) is 0 Å². The van der Waals surface area contributed by atoms with Crippen LogP contribution in [0.2, 0.25) is 0 Å². The van der Waals surface area contributed by atoms with E-state index in [0.717, 1.165) is 10.8 Å². The van der Waals surface area contributed by atoms with E-state index in [2.05, 4.69) is 62.4 Å². The fourth-order valence-electron chi connectivity index (χ4n) is 6.68. The third-order valence-electron chi connectivity index (χ3n) is 8.29. The van der Waals surface area contributed by atoms with E-state index in [-0.39, 0.29) is 22.6 Å². The van der Waals surface area contributed by atoms with Crippen LogP contribution in [0, 0.1) is 0 Å². The fraction of sp³-hybridized carbons (Fsp3) is 0.185. The number of hydrogen-bond donors (Lipinski definition) is 0. The minimum absolute atomic E-state index is 0.217. The molecule has 144 valence electrons. The van der Waals surface area contributed by atoms with Gasteiger partial charge in [-0.1, -0.05) is 62.4 Å². The predicted molar refractivity (Wildman–Crippen MR) is 117 cm³/mol. The van der Waals surface area contributed by atoms with E-state index in [1.165, 1.54) is 37.9 Å². The molecule has 4 aromatic carbocycles. The molecule has 0 radical (unpaired) electrons. The van der Waals surface area contributed by atoms with Gasteiger partial charge in [-0.3, -0.25) is 14.5 Å². The maximum Gasteiger partial charge on any atom is 0.261 e. The Morgan fingerprint density at radius 3 is 1.57 bits per heavy atom. The van der Waals surface area contributed by atoms with Crippen molar-refractivity contribution in [1.82, 2.24) is 4.90 Å². The maximum absolute atomic E-state index is 12.9. The van der Waals surface area contributed by atoms with E-state index in [9.17, 15) is 9.59 Å². The Morgan fingerprint density at radius 1 is 0.600 bits per heavy atom. The summed E-state index contributed by atoms with van der Waals surface area (Å²) in [5.74, 6) is -0.433. The molecular weight excluding hydrogens is 370 g/mol. The molecule has 1 aliphatic heterocycles. The van der Waals surface area contributed by atoms with E-state index in [1.807, 2.05) is 12.1 Å². The number of rotatable bonds is 0. The third-order valence-corrected chi connectivity index (χ3v) is 8.29. The lowest BCUT2D eigenvalue weighted by Crippen LogP contribution is -2.39. The van der Waals surface area contributed by atoms with Gasteiger partial charge in [0.05, 0.1) is 0 Å². The molecule has 0 N–H and O–H groups in total. The molecule has 7 rings (SSSR count). The number of carbonyl (C=O) groups is 2. The van der Waals surface area contributed by atoms with Crippen molar-refractivity contribution in [2.45, 2.75) is 24.7 Å². The molecule has 2 atom stereocenters. The Morgan fingerprint density at radius 2 is 1.07 bits per heavy atom. The smallest absolute Gasteiger partial charge is 0.261 e. The van der Waals surface area contributed by atoms with Crippen LogP contribution in [0.4, 0.5) is 0 Å². The highest BCUT2D eigenvalue weighted by Gasteiger charge is 2.60. The van der Waals surface area contributed by atoms with Crippen LogP contribution < -0.4 is 0 Å². The van der Waals surface area contributed by atoms with Crippen molar-refractivity contribution in [3.05, 3.63) is 94.0 Å². The molecule has 0 spiro atoms. The van der Waals surface area contributed by atoms with Gasteiger partial charge in [0.25, 0.3) is 11.8 Å². The molecule has 2 unspecified atom stereocenters. The summed E-state index contributed by atoms with van der Waals surface area (Å²) < 4.78 is 0. The summed E-state index contributed by atoms with van der Waals surface area (Å²) in [4.78, 5) is 27.1. The van der Waals surface area contributed by atoms with Gasteiger partial charge in [0.15, 0.2) is 0 Å². The second-order valence-corrected chi connectivity index (χ2v) is 9.20. The molecule has 4 aromatic rings. The molecule has 0 bridgehead atoms. The van der Waals surface area contributed by atoms with Crippen LogP contribution in [-0.2, 0) is 10.8 Å². The zero-order chi connectivity index (χ0) is 20.6. The number of imide groups is 1. The van der Waals surface area contributed by atoms with Crippen LogP contribution >= 0.6 is 0 Å². The Balaban J connectivity index is 1.71. The SMILES string of the molecule is CN1C(=O)c2ccc3c4c(ccc(c24)C1=O)C1(C)c2cccc4cccc(c24)C31C. The van der Waals surface area contributed by atoms with Crippen LogP contribution in [0.5, 0.6) is 0 Å². The van der Waals surface area contributed by atoms with Crippen LogP contribution in [0.3, 0.4) is 0 Å². The first-order chi connectivity index (χ1) is 14.4. The Labute approximate surface area is 173 Å². The van der Waals surface area contributed by atoms with Crippen molar-refractivity contribution in [2.75, 3.05) is 7.05 Å². The second-order valence-electron chi connectivity index (χ2n) is 9.20. The first kappa shape index (κ1) is 16.3. The molecule has 2 aliphatic carbocycles. The van der Waals surface area contributed by atoms with Crippen molar-refractivity contribution >= 4 is 33.4 Å². The number of nitrogens with zero attached hydrogens (tertiary/aromatic N) is 1. The largest absolute Gasteiger partial charge is 0.277 e. The minimum atomic E-state index is -0.259. The lowest BCUT2D eigenvalue weighted by Gasteiger charge is -2.38. The van der Waals surface area contributed by atoms with Crippen molar-refractivity contribution in [3.8, 4) is 0 Å². The highest BCUT2D eigenvalue weighted by atomic mass is 16.2. The Kier molecular flexibility index (Phi) is 2.53. The average molecular weight is 389 g/mol. The molecule has 0 fully saturated rings. The van der Waals surface area contributed by atoms with Gasteiger partial charge >= 0.3 is 0 Å². The quantitative estimate of drug-likeness (QED) is 0.390. The third kappa shape index (κ3) is 1.37. The summed E-state index contributed by atoms with van der Waals surface area (Å²) in [7, 11) is 1.56. The van der Waals surface area contributed by atoms with Gasteiger partial charge in [-0.2, -0.15) is 0 Å². The van der Waals surface area contributed by atoms with Crippen LogP contribution in [0.15, 0.2) is 60.7 Å². The van der Waals surface area contributed by atoms with Crippen LogP contribution in [-0.4, -0.2) is 23.8 Å². The molecule has 30 heavy (non-hydrogen) atoms. The minimum Gasteiger partial charge on any atom is -0.277 e. The normalized spacial score (nSPS) is 25.5. The topological polar surface area (TPSA) is 37.4 Å². The molecule has 2 amide bonds. The van der Waals surface area contributed by atoms with Crippen LogP contribution in [0.1, 0.15) is 56.8 Å². The van der Waals surface area contributed by atoms with Gasteiger partial charge < -0.3 is 0 Å². The zero-order valence-corrected chi connectivity index (χ0v) is 17.0. The first-order valence-electron chi connectivity index (χ1n) is 10.4. The molecule has 0 saturated carbocycles. The zero-order valence-electron chi connectivity index (χ0n) is 17.0. The fourth-order valence-corrected chi connectivity index (χ4v) is 6.68. The number of hydrogen-bond acceptors (Lipinski definition) is 2. The van der Waals surface area contributed by atoms with E-state index in [0.29, 0.717) is 11.1 Å². The summed E-state index contributed by atoms with van der Waals surface area (Å²) in [5, 5.41) is 4.54. The molecule has 3 aliphatic rings. The van der Waals surface area contributed by atoms with Crippen molar-refractivity contribution in [1.29, 1.82) is 0 Å². The maximum atomic E-state index is 12.9. The monoisotopic (exact) mass is 389 g/mol. The highest BCUT2D eigenvalue weighted by Crippen LogP contribution is 2.66. The van der Waals surface area contributed by atoms with Crippen molar-refractivity contribution < 1.29 is 9.59 Å². The highest BCUT2D eigenvalue weighted by molar-refractivity contribution is 6.27. The summed E-state index contributed by atoms with van der Waals surface area (Å²) >= 11 is 0. The molecule has 0 aromatic heterocycles. The van der Waals surface area contributed by atoms with E-state index < -0.39 is 0 Å². The van der Waals surface area contributed by atoms with E-state index >= 15 is 0 Å². The lowest BCUT2D eigenvalue weighted by atomic mass is 9.62. The summed E-state index contributed by atoms with van der Waals surface area (Å²) in [6, 6.07) is 21.3. The molecule has 3 heteroatoms. The molecule has 0 saturated heterocycles. The van der Waals surface area contributed by atoms with Gasteiger partial charge in [-0.25, -0.2) is 0 Å². The number of amides is 2. The van der Waals surface area contributed by atoms with Crippen LogP contribution in [0.25, 0.3) is 21.5 Å². The molecule has 3 nitrogen and oxygen atoms in total. The first-order valence-corrected chi connectivity index (χ1v) is 10.4. The summed E-state index contributed by atoms with van der Waals surface area (Å²) in [5.41, 5.74) is 5.84. The van der Waals surface area contributed by atoms with Gasteiger partial charge in [-0.05, 0) is 50.5 Å². The molecule has 1 heterocycles. The van der Waals surface area contributed by atoms with Gasteiger partial charge in [-0.15, -0.1) is 0 Å². The number of carbonyl (C=O) groups excluding carboxylic acids is 2.